The standard InChI is InChI=1S/C17H22N4O4S2/c1-8-9(2)27-16-13(8)15(23)19-12(20-16)7-26-10(3)17(24)21-4-5-25-11(6-21)14(18)22/h10-11H,4-7H2,1-3H3,(H2,18,22)(H,19,20,23). The van der Waals surface area contributed by atoms with Crippen LogP contribution in [0.3, 0.4) is 0 Å². The fraction of sp³-hybridized carbons (Fsp3) is 0.529. The minimum atomic E-state index is -0.759. The molecule has 2 aromatic heterocycles. The first-order valence-corrected chi connectivity index (χ1v) is 10.4. The molecule has 0 saturated carbocycles. The van der Waals surface area contributed by atoms with E-state index in [1.165, 1.54) is 23.1 Å². The van der Waals surface area contributed by atoms with Crippen molar-refractivity contribution in [2.24, 2.45) is 5.73 Å². The molecule has 2 atom stereocenters. The molecule has 3 heterocycles. The average molecular weight is 411 g/mol. The summed E-state index contributed by atoms with van der Waals surface area (Å²) in [5.74, 6) is 0.318. The predicted molar refractivity (Wildman–Crippen MR) is 106 cm³/mol. The Hall–Kier alpha value is -1.91. The number of nitrogens with zero attached hydrogens (tertiary/aromatic N) is 2. The Labute approximate surface area is 164 Å². The van der Waals surface area contributed by atoms with Gasteiger partial charge in [-0.15, -0.1) is 23.1 Å². The van der Waals surface area contributed by atoms with E-state index in [1.807, 2.05) is 13.8 Å². The van der Waals surface area contributed by atoms with Gasteiger partial charge in [0.2, 0.25) is 11.8 Å². The van der Waals surface area contributed by atoms with Crippen LogP contribution in [0.15, 0.2) is 4.79 Å². The molecule has 1 aliphatic rings. The number of hydrogen-bond acceptors (Lipinski definition) is 7. The highest BCUT2D eigenvalue weighted by Crippen LogP contribution is 2.26. The minimum Gasteiger partial charge on any atom is -0.367 e. The molecule has 1 saturated heterocycles. The summed E-state index contributed by atoms with van der Waals surface area (Å²) >= 11 is 2.89. The lowest BCUT2D eigenvalue weighted by Crippen LogP contribution is -2.52. The van der Waals surface area contributed by atoms with Crippen molar-refractivity contribution in [3.63, 3.8) is 0 Å². The van der Waals surface area contributed by atoms with Crippen molar-refractivity contribution in [1.82, 2.24) is 14.9 Å². The zero-order valence-electron chi connectivity index (χ0n) is 15.4. The lowest BCUT2D eigenvalue weighted by molar-refractivity contribution is -0.144. The molecule has 1 aliphatic heterocycles. The molecule has 0 bridgehead atoms. The van der Waals surface area contributed by atoms with E-state index >= 15 is 0 Å². The van der Waals surface area contributed by atoms with Gasteiger partial charge in [-0.25, -0.2) is 4.98 Å². The molecule has 2 aromatic rings. The summed E-state index contributed by atoms with van der Waals surface area (Å²) in [4.78, 5) is 47.0. The Morgan fingerprint density at radius 3 is 2.93 bits per heavy atom. The first kappa shape index (κ1) is 19.8. The minimum absolute atomic E-state index is 0.0826. The summed E-state index contributed by atoms with van der Waals surface area (Å²) in [5.41, 5.74) is 6.08. The zero-order chi connectivity index (χ0) is 19.7. The van der Waals surface area contributed by atoms with Crippen LogP contribution in [0.2, 0.25) is 0 Å². The molecule has 0 aliphatic carbocycles. The van der Waals surface area contributed by atoms with Gasteiger partial charge >= 0.3 is 0 Å². The summed E-state index contributed by atoms with van der Waals surface area (Å²) in [6, 6.07) is 0. The van der Waals surface area contributed by atoms with Gasteiger partial charge in [-0.1, -0.05) is 0 Å². The molecule has 3 rings (SSSR count). The Kier molecular flexibility index (Phi) is 5.87. The first-order chi connectivity index (χ1) is 12.8. The number of carbonyl (C=O) groups excluding carboxylic acids is 2. The smallest absolute Gasteiger partial charge is 0.259 e. The maximum absolute atomic E-state index is 12.6. The number of H-pyrrole nitrogens is 1. The van der Waals surface area contributed by atoms with Gasteiger partial charge in [0.05, 0.1) is 29.5 Å². The van der Waals surface area contributed by atoms with Crippen LogP contribution in [-0.2, 0) is 20.1 Å². The van der Waals surface area contributed by atoms with Crippen molar-refractivity contribution in [2.75, 3.05) is 19.7 Å². The number of ether oxygens (including phenoxy) is 1. The molecule has 1 fully saturated rings. The van der Waals surface area contributed by atoms with Crippen molar-refractivity contribution in [3.8, 4) is 0 Å². The summed E-state index contributed by atoms with van der Waals surface area (Å²) in [7, 11) is 0. The molecule has 146 valence electrons. The van der Waals surface area contributed by atoms with E-state index in [1.54, 1.807) is 11.8 Å². The number of aromatic amines is 1. The molecule has 0 radical (unpaired) electrons. The predicted octanol–water partition coefficient (Wildman–Crippen LogP) is 0.936. The summed E-state index contributed by atoms with van der Waals surface area (Å²) in [6.07, 6.45) is -0.759. The summed E-state index contributed by atoms with van der Waals surface area (Å²) < 4.78 is 5.27. The molecule has 0 spiro atoms. The maximum Gasteiger partial charge on any atom is 0.259 e. The largest absolute Gasteiger partial charge is 0.367 e. The molecule has 2 amide bonds. The Balaban J connectivity index is 1.66. The highest BCUT2D eigenvalue weighted by Gasteiger charge is 2.30. The molecule has 8 nitrogen and oxygen atoms in total. The fourth-order valence-electron chi connectivity index (χ4n) is 2.92. The van der Waals surface area contributed by atoms with Gasteiger partial charge in [-0.3, -0.25) is 14.4 Å². The second-order valence-electron chi connectivity index (χ2n) is 6.48. The Bertz CT molecular complexity index is 939. The number of primary amides is 1. The monoisotopic (exact) mass is 410 g/mol. The van der Waals surface area contributed by atoms with Gasteiger partial charge in [0, 0.05) is 11.4 Å². The molecule has 10 heteroatoms. The third kappa shape index (κ3) is 4.17. The van der Waals surface area contributed by atoms with E-state index in [0.29, 0.717) is 30.1 Å². The van der Waals surface area contributed by atoms with E-state index in [9.17, 15) is 14.4 Å². The number of nitrogens with two attached hydrogens (primary N) is 1. The zero-order valence-corrected chi connectivity index (χ0v) is 17.0. The number of morpholine rings is 1. The maximum atomic E-state index is 12.6. The quantitative estimate of drug-likeness (QED) is 0.757. The Morgan fingerprint density at radius 1 is 1.48 bits per heavy atom. The van der Waals surface area contributed by atoms with Crippen molar-refractivity contribution in [2.45, 2.75) is 37.9 Å². The highest BCUT2D eigenvalue weighted by molar-refractivity contribution is 7.99. The molecule has 27 heavy (non-hydrogen) atoms. The van der Waals surface area contributed by atoms with Gasteiger partial charge in [0.25, 0.3) is 5.56 Å². The van der Waals surface area contributed by atoms with Crippen molar-refractivity contribution < 1.29 is 14.3 Å². The average Bonchev–Trinajstić information content (AvgIpc) is 2.93. The number of hydrogen-bond donors (Lipinski definition) is 2. The molecule has 0 aromatic carbocycles. The number of amides is 2. The van der Waals surface area contributed by atoms with E-state index < -0.39 is 12.0 Å². The van der Waals surface area contributed by atoms with Crippen LogP contribution >= 0.6 is 23.1 Å². The van der Waals surface area contributed by atoms with Crippen LogP contribution in [0.1, 0.15) is 23.2 Å². The number of carbonyl (C=O) groups is 2. The number of aryl methyl sites for hydroxylation is 2. The fourth-order valence-corrected chi connectivity index (χ4v) is 4.81. The van der Waals surface area contributed by atoms with Crippen LogP contribution in [0, 0.1) is 13.8 Å². The van der Waals surface area contributed by atoms with Crippen molar-refractivity contribution in [1.29, 1.82) is 0 Å². The number of thioether (sulfide) groups is 1. The highest BCUT2D eigenvalue weighted by atomic mass is 32.2. The third-order valence-corrected chi connectivity index (χ3v) is 6.84. The van der Waals surface area contributed by atoms with E-state index in [-0.39, 0.29) is 23.3 Å². The molecule has 2 unspecified atom stereocenters. The van der Waals surface area contributed by atoms with Gasteiger partial charge in [0.1, 0.15) is 10.7 Å². The van der Waals surface area contributed by atoms with Gasteiger partial charge in [-0.2, -0.15) is 0 Å². The van der Waals surface area contributed by atoms with Gasteiger partial charge in [0.15, 0.2) is 6.10 Å². The van der Waals surface area contributed by atoms with Crippen LogP contribution in [0.25, 0.3) is 10.2 Å². The van der Waals surface area contributed by atoms with Crippen LogP contribution in [0.5, 0.6) is 0 Å². The van der Waals surface area contributed by atoms with Crippen LogP contribution in [-0.4, -0.2) is 57.7 Å². The van der Waals surface area contributed by atoms with Crippen LogP contribution in [0.4, 0.5) is 0 Å². The molecular formula is C17H22N4O4S2. The summed E-state index contributed by atoms with van der Waals surface area (Å²) in [6.45, 7) is 6.59. The number of nitrogens with one attached hydrogen (secondary N) is 1. The normalized spacial score (nSPS) is 18.6. The van der Waals surface area contributed by atoms with Gasteiger partial charge in [-0.05, 0) is 26.3 Å². The molecular weight excluding hydrogens is 388 g/mol. The van der Waals surface area contributed by atoms with Crippen LogP contribution < -0.4 is 11.3 Å². The molecule has 3 N–H and O–H groups in total. The van der Waals surface area contributed by atoms with Gasteiger partial charge < -0.3 is 20.4 Å². The van der Waals surface area contributed by atoms with E-state index in [4.69, 9.17) is 10.5 Å². The number of rotatable bonds is 5. The Morgan fingerprint density at radius 2 is 2.22 bits per heavy atom. The first-order valence-electron chi connectivity index (χ1n) is 8.58. The lowest BCUT2D eigenvalue weighted by Gasteiger charge is -2.32. The second kappa shape index (κ2) is 7.99. The van der Waals surface area contributed by atoms with E-state index in [0.717, 1.165) is 15.3 Å². The number of aromatic nitrogens is 2. The lowest BCUT2D eigenvalue weighted by atomic mass is 10.2. The summed E-state index contributed by atoms with van der Waals surface area (Å²) in [5, 5.41) is 0.297. The second-order valence-corrected chi connectivity index (χ2v) is 9.01. The number of fused-ring (bicyclic) bond motifs is 1. The number of thiophene rings is 1. The van der Waals surface area contributed by atoms with Crippen molar-refractivity contribution in [3.05, 3.63) is 26.6 Å². The SMILES string of the molecule is Cc1sc2nc(CSC(C)C(=O)N3CCOC(C(N)=O)C3)[nH]c(=O)c2c1C. The van der Waals surface area contributed by atoms with Crippen molar-refractivity contribution >= 4 is 45.1 Å². The van der Waals surface area contributed by atoms with E-state index in [2.05, 4.69) is 9.97 Å². The topological polar surface area (TPSA) is 118 Å². The third-order valence-electron chi connectivity index (χ3n) is 4.60.